The van der Waals surface area contributed by atoms with Crippen LogP contribution in [0.1, 0.15) is 30.3 Å². The number of aromatic nitrogens is 1. The van der Waals surface area contributed by atoms with Crippen LogP contribution in [0.3, 0.4) is 0 Å². The molecule has 3 heterocycles. The predicted octanol–water partition coefficient (Wildman–Crippen LogP) is 1.27. The van der Waals surface area contributed by atoms with Crippen molar-refractivity contribution in [3.63, 3.8) is 0 Å². The van der Waals surface area contributed by atoms with Gasteiger partial charge in [0.05, 0.1) is 25.1 Å². The summed E-state index contributed by atoms with van der Waals surface area (Å²) in [7, 11) is -3.19. The monoisotopic (exact) mass is 416 g/mol. The van der Waals surface area contributed by atoms with Crippen LogP contribution in [0.2, 0.25) is 0 Å². The summed E-state index contributed by atoms with van der Waals surface area (Å²) in [5.41, 5.74) is 0.905. The maximum absolute atomic E-state index is 12.8. The summed E-state index contributed by atoms with van der Waals surface area (Å²) in [4.78, 5) is 31.6. The minimum atomic E-state index is -3.19. The van der Waals surface area contributed by atoms with Crippen molar-refractivity contribution in [2.45, 2.75) is 32.7 Å². The van der Waals surface area contributed by atoms with Crippen molar-refractivity contribution in [1.82, 2.24) is 14.2 Å². The van der Waals surface area contributed by atoms with Gasteiger partial charge in [-0.3, -0.25) is 10.1 Å². The lowest BCUT2D eigenvalue weighted by Gasteiger charge is -2.34. The number of fused-ring (bicyclic) bond motifs is 1. The van der Waals surface area contributed by atoms with Crippen molar-refractivity contribution in [3.8, 4) is 0 Å². The summed E-state index contributed by atoms with van der Waals surface area (Å²) in [5, 5.41) is 3.09. The van der Waals surface area contributed by atoms with Gasteiger partial charge < -0.3 is 9.64 Å². The second-order valence-electron chi connectivity index (χ2n) is 6.68. The number of carbonyl (C=O) groups excluding carboxylic acids is 2. The van der Waals surface area contributed by atoms with Crippen molar-refractivity contribution >= 4 is 38.5 Å². The molecule has 1 fully saturated rings. The number of hydrogen-bond acceptors (Lipinski definition) is 7. The summed E-state index contributed by atoms with van der Waals surface area (Å²) < 4.78 is 29.5. The lowest BCUT2D eigenvalue weighted by Crippen LogP contribution is -2.45. The van der Waals surface area contributed by atoms with Crippen LogP contribution in [-0.4, -0.2) is 67.1 Å². The fraction of sp³-hybridized carbons (Fsp3) is 0.688. The number of nitrogens with one attached hydrogen (secondary N) is 1. The quantitative estimate of drug-likeness (QED) is 0.792. The maximum atomic E-state index is 12.8. The predicted molar refractivity (Wildman–Crippen MR) is 101 cm³/mol. The van der Waals surface area contributed by atoms with Crippen molar-refractivity contribution in [2.24, 2.45) is 5.92 Å². The zero-order chi connectivity index (χ0) is 19.6. The molecule has 3 rings (SSSR count). The highest BCUT2D eigenvalue weighted by Crippen LogP contribution is 2.30. The van der Waals surface area contributed by atoms with Crippen molar-refractivity contribution in [3.05, 3.63) is 10.6 Å². The Labute approximate surface area is 162 Å². The van der Waals surface area contributed by atoms with E-state index in [-0.39, 0.29) is 18.4 Å². The van der Waals surface area contributed by atoms with Crippen LogP contribution >= 0.6 is 11.3 Å². The van der Waals surface area contributed by atoms with E-state index >= 15 is 0 Å². The number of piperidine rings is 1. The second-order valence-corrected chi connectivity index (χ2v) is 9.75. The van der Waals surface area contributed by atoms with Crippen LogP contribution in [0.4, 0.5) is 9.93 Å². The highest BCUT2D eigenvalue weighted by atomic mass is 32.2. The number of anilines is 1. The largest absolute Gasteiger partial charge is 0.450 e. The molecule has 0 aromatic carbocycles. The standard InChI is InChI=1S/C16H24N4O5S2/c1-3-25-16(22)18-15-17-12-6-7-19(10-13(12)26-15)14(21)11-4-8-20(9-5-11)27(2,23)24/h11H,3-10H2,1-2H3,(H,17,18,22). The van der Waals surface area contributed by atoms with Crippen molar-refractivity contribution in [2.75, 3.05) is 37.8 Å². The summed E-state index contributed by atoms with van der Waals surface area (Å²) in [6.07, 6.45) is 2.41. The van der Waals surface area contributed by atoms with Crippen LogP contribution in [0.25, 0.3) is 0 Å². The summed E-state index contributed by atoms with van der Waals surface area (Å²) in [5.74, 6) is -0.0725. The molecule has 1 N–H and O–H groups in total. The Balaban J connectivity index is 1.58. The molecule has 0 radical (unpaired) electrons. The molecular weight excluding hydrogens is 392 g/mol. The first-order valence-electron chi connectivity index (χ1n) is 8.94. The molecule has 0 bridgehead atoms. The Morgan fingerprint density at radius 3 is 2.63 bits per heavy atom. The lowest BCUT2D eigenvalue weighted by atomic mass is 9.96. The normalized spacial score (nSPS) is 18.8. The zero-order valence-corrected chi connectivity index (χ0v) is 17.1. The number of carbonyl (C=O) groups is 2. The van der Waals surface area contributed by atoms with E-state index in [0.29, 0.717) is 50.6 Å². The molecule has 2 aliphatic heterocycles. The summed E-state index contributed by atoms with van der Waals surface area (Å²) >= 11 is 1.36. The number of thiazole rings is 1. The molecule has 0 aliphatic carbocycles. The number of amides is 2. The van der Waals surface area contributed by atoms with Gasteiger partial charge in [0, 0.05) is 36.9 Å². The first-order chi connectivity index (χ1) is 12.8. The molecule has 0 saturated carbocycles. The van der Waals surface area contributed by atoms with Gasteiger partial charge in [0.15, 0.2) is 5.13 Å². The van der Waals surface area contributed by atoms with E-state index in [0.717, 1.165) is 10.6 Å². The first kappa shape index (κ1) is 20.0. The highest BCUT2D eigenvalue weighted by molar-refractivity contribution is 7.88. The fourth-order valence-electron chi connectivity index (χ4n) is 3.38. The Kier molecular flexibility index (Phi) is 6.02. The average molecular weight is 417 g/mol. The van der Waals surface area contributed by atoms with Gasteiger partial charge in [0.25, 0.3) is 0 Å². The van der Waals surface area contributed by atoms with Gasteiger partial charge in [0.1, 0.15) is 0 Å². The molecule has 1 saturated heterocycles. The third-order valence-corrected chi connectivity index (χ3v) is 7.10. The second kappa shape index (κ2) is 8.11. The maximum Gasteiger partial charge on any atom is 0.413 e. The Hall–Kier alpha value is -1.72. The molecule has 1 aromatic heterocycles. The van der Waals surface area contributed by atoms with Gasteiger partial charge in [-0.2, -0.15) is 0 Å². The Morgan fingerprint density at radius 2 is 2.00 bits per heavy atom. The molecule has 0 spiro atoms. The molecule has 150 valence electrons. The Bertz CT molecular complexity index is 815. The third kappa shape index (κ3) is 4.77. The molecule has 2 amide bonds. The molecule has 0 atom stereocenters. The minimum Gasteiger partial charge on any atom is -0.450 e. The minimum absolute atomic E-state index is 0.0714. The van der Waals surface area contributed by atoms with Gasteiger partial charge in [-0.1, -0.05) is 11.3 Å². The Morgan fingerprint density at radius 1 is 1.30 bits per heavy atom. The topological polar surface area (TPSA) is 109 Å². The van der Waals surface area contributed by atoms with Crippen LogP contribution in [0.5, 0.6) is 0 Å². The molecule has 11 heteroatoms. The smallest absolute Gasteiger partial charge is 0.413 e. The van der Waals surface area contributed by atoms with E-state index in [9.17, 15) is 18.0 Å². The molecule has 27 heavy (non-hydrogen) atoms. The van der Waals surface area contributed by atoms with E-state index in [4.69, 9.17) is 4.74 Å². The van der Waals surface area contributed by atoms with Gasteiger partial charge in [-0.15, -0.1) is 0 Å². The molecule has 0 unspecified atom stereocenters. The van der Waals surface area contributed by atoms with Gasteiger partial charge in [-0.25, -0.2) is 22.5 Å². The van der Waals surface area contributed by atoms with E-state index in [1.54, 1.807) is 6.92 Å². The van der Waals surface area contributed by atoms with Crippen LogP contribution in [-0.2, 0) is 32.5 Å². The lowest BCUT2D eigenvalue weighted by molar-refractivity contribution is -0.137. The number of ether oxygens (including phenoxy) is 1. The van der Waals surface area contributed by atoms with E-state index in [2.05, 4.69) is 10.3 Å². The number of rotatable bonds is 4. The third-order valence-electron chi connectivity index (χ3n) is 4.80. The van der Waals surface area contributed by atoms with Gasteiger partial charge in [-0.05, 0) is 19.8 Å². The first-order valence-corrected chi connectivity index (χ1v) is 11.6. The molecule has 2 aliphatic rings. The molecular formula is C16H24N4O5S2. The van der Waals surface area contributed by atoms with E-state index in [1.807, 2.05) is 4.90 Å². The van der Waals surface area contributed by atoms with Crippen LogP contribution in [0.15, 0.2) is 0 Å². The zero-order valence-electron chi connectivity index (χ0n) is 15.4. The van der Waals surface area contributed by atoms with Crippen molar-refractivity contribution in [1.29, 1.82) is 0 Å². The summed E-state index contributed by atoms with van der Waals surface area (Å²) in [6, 6.07) is 0. The fourth-order valence-corrected chi connectivity index (χ4v) is 5.27. The summed E-state index contributed by atoms with van der Waals surface area (Å²) in [6.45, 7) is 3.86. The number of nitrogens with zero attached hydrogens (tertiary/aromatic N) is 3. The van der Waals surface area contributed by atoms with Crippen LogP contribution < -0.4 is 5.32 Å². The SMILES string of the molecule is CCOC(=O)Nc1nc2c(s1)CN(C(=O)C1CCN(S(C)(=O)=O)CC1)CC2. The highest BCUT2D eigenvalue weighted by Gasteiger charge is 2.33. The number of hydrogen-bond donors (Lipinski definition) is 1. The van der Waals surface area contributed by atoms with Crippen molar-refractivity contribution < 1.29 is 22.7 Å². The molecule has 1 aromatic rings. The van der Waals surface area contributed by atoms with E-state index < -0.39 is 16.1 Å². The van der Waals surface area contributed by atoms with Gasteiger partial charge >= 0.3 is 6.09 Å². The number of sulfonamides is 1. The van der Waals surface area contributed by atoms with Crippen LogP contribution in [0, 0.1) is 5.92 Å². The van der Waals surface area contributed by atoms with Gasteiger partial charge in [0.2, 0.25) is 15.9 Å². The average Bonchev–Trinajstić information content (AvgIpc) is 3.01. The molecule has 9 nitrogen and oxygen atoms in total. The van der Waals surface area contributed by atoms with E-state index in [1.165, 1.54) is 21.9 Å².